The van der Waals surface area contributed by atoms with Crippen LogP contribution in [0, 0.1) is 6.92 Å². The molecule has 2 amide bonds. The molecule has 5 nitrogen and oxygen atoms in total. The molecular formula is C21H21N3O2S. The van der Waals surface area contributed by atoms with E-state index in [-0.39, 0.29) is 5.91 Å². The highest BCUT2D eigenvalue weighted by Gasteiger charge is 2.29. The minimum absolute atomic E-state index is 0.307. The van der Waals surface area contributed by atoms with Gasteiger partial charge in [-0.05, 0) is 18.1 Å². The number of rotatable bonds is 6. The van der Waals surface area contributed by atoms with Gasteiger partial charge in [0.05, 0.1) is 9.88 Å². The molecule has 3 rings (SSSR count). The van der Waals surface area contributed by atoms with E-state index in [1.54, 1.807) is 7.05 Å². The van der Waals surface area contributed by atoms with E-state index in [9.17, 15) is 9.59 Å². The molecule has 0 radical (unpaired) electrons. The number of aryl methyl sites for hydroxylation is 1. The second-order valence-electron chi connectivity index (χ2n) is 6.30. The van der Waals surface area contributed by atoms with E-state index in [0.29, 0.717) is 12.1 Å². The fourth-order valence-corrected chi connectivity index (χ4v) is 3.85. The molecule has 2 aromatic carbocycles. The van der Waals surface area contributed by atoms with Gasteiger partial charge in [0.2, 0.25) is 5.91 Å². The lowest BCUT2D eigenvalue weighted by atomic mass is 10.0. The number of amides is 2. The molecule has 0 aliphatic heterocycles. The van der Waals surface area contributed by atoms with Crippen molar-refractivity contribution in [3.63, 3.8) is 0 Å². The van der Waals surface area contributed by atoms with Crippen LogP contribution in [0.1, 0.15) is 21.1 Å². The number of aromatic nitrogens is 1. The van der Waals surface area contributed by atoms with E-state index in [1.165, 1.54) is 16.2 Å². The number of primary amides is 1. The topological polar surface area (TPSA) is 76.3 Å². The van der Waals surface area contributed by atoms with Gasteiger partial charge < -0.3 is 10.6 Å². The van der Waals surface area contributed by atoms with Crippen LogP contribution >= 0.6 is 11.3 Å². The van der Waals surface area contributed by atoms with Crippen LogP contribution < -0.4 is 5.73 Å². The SMILES string of the molecule is Cc1nc(C(=O)N(C)C(Cc2ccccc2)C(N)=O)c(-c2ccccc2)s1. The number of benzene rings is 2. The number of nitrogens with two attached hydrogens (primary N) is 1. The number of hydrogen-bond donors (Lipinski definition) is 1. The maximum Gasteiger partial charge on any atom is 0.274 e. The Hall–Kier alpha value is -2.99. The van der Waals surface area contributed by atoms with Crippen molar-refractivity contribution < 1.29 is 9.59 Å². The molecule has 138 valence electrons. The lowest BCUT2D eigenvalue weighted by molar-refractivity contribution is -0.122. The van der Waals surface area contributed by atoms with Crippen molar-refractivity contribution in [1.29, 1.82) is 0 Å². The summed E-state index contributed by atoms with van der Waals surface area (Å²) in [5, 5.41) is 0.796. The molecular weight excluding hydrogens is 358 g/mol. The van der Waals surface area contributed by atoms with Crippen molar-refractivity contribution in [3.8, 4) is 10.4 Å². The zero-order valence-electron chi connectivity index (χ0n) is 15.3. The maximum absolute atomic E-state index is 13.2. The summed E-state index contributed by atoms with van der Waals surface area (Å²) < 4.78 is 0. The zero-order chi connectivity index (χ0) is 19.4. The largest absolute Gasteiger partial charge is 0.368 e. The van der Waals surface area contributed by atoms with Gasteiger partial charge in [0, 0.05) is 13.5 Å². The molecule has 1 aromatic heterocycles. The lowest BCUT2D eigenvalue weighted by Crippen LogP contribution is -2.47. The van der Waals surface area contributed by atoms with E-state index >= 15 is 0 Å². The van der Waals surface area contributed by atoms with Crippen molar-refractivity contribution >= 4 is 23.2 Å². The van der Waals surface area contributed by atoms with Gasteiger partial charge in [0.15, 0.2) is 0 Å². The van der Waals surface area contributed by atoms with Crippen LogP contribution in [0.3, 0.4) is 0 Å². The van der Waals surface area contributed by atoms with Crippen LogP contribution in [-0.2, 0) is 11.2 Å². The maximum atomic E-state index is 13.2. The highest BCUT2D eigenvalue weighted by molar-refractivity contribution is 7.15. The van der Waals surface area contributed by atoms with Gasteiger partial charge in [-0.15, -0.1) is 11.3 Å². The fourth-order valence-electron chi connectivity index (χ4n) is 2.93. The van der Waals surface area contributed by atoms with E-state index in [1.807, 2.05) is 67.6 Å². The Kier molecular flexibility index (Phi) is 5.66. The molecule has 0 saturated heterocycles. The van der Waals surface area contributed by atoms with Crippen LogP contribution in [0.25, 0.3) is 10.4 Å². The molecule has 0 aliphatic rings. The third kappa shape index (κ3) is 4.23. The summed E-state index contributed by atoms with van der Waals surface area (Å²) in [5.41, 5.74) is 7.83. The highest BCUT2D eigenvalue weighted by Crippen LogP contribution is 2.31. The molecule has 2 N–H and O–H groups in total. The first-order chi connectivity index (χ1) is 13.0. The number of thiazole rings is 1. The average molecular weight is 379 g/mol. The predicted octanol–water partition coefficient (Wildman–Crippen LogP) is 3.29. The summed E-state index contributed by atoms with van der Waals surface area (Å²) in [4.78, 5) is 31.8. The Morgan fingerprint density at radius 3 is 2.26 bits per heavy atom. The van der Waals surface area contributed by atoms with Crippen molar-refractivity contribution in [2.45, 2.75) is 19.4 Å². The summed E-state index contributed by atoms with van der Waals surface area (Å²) in [6.07, 6.45) is 0.363. The summed E-state index contributed by atoms with van der Waals surface area (Å²) in [6, 6.07) is 18.4. The third-order valence-corrected chi connectivity index (χ3v) is 5.38. The molecule has 0 spiro atoms. The Labute approximate surface area is 162 Å². The number of likely N-dealkylation sites (N-methyl/N-ethyl adjacent to an activating group) is 1. The first-order valence-corrected chi connectivity index (χ1v) is 9.42. The Morgan fingerprint density at radius 2 is 1.67 bits per heavy atom. The van der Waals surface area contributed by atoms with Crippen molar-refractivity contribution in [2.75, 3.05) is 7.05 Å². The van der Waals surface area contributed by atoms with Crippen molar-refractivity contribution in [2.24, 2.45) is 5.73 Å². The minimum Gasteiger partial charge on any atom is -0.368 e. The molecule has 3 aromatic rings. The molecule has 1 heterocycles. The van der Waals surface area contributed by atoms with Crippen LogP contribution in [0.5, 0.6) is 0 Å². The van der Waals surface area contributed by atoms with E-state index in [4.69, 9.17) is 5.73 Å². The third-order valence-electron chi connectivity index (χ3n) is 4.36. The number of hydrogen-bond acceptors (Lipinski definition) is 4. The molecule has 0 aliphatic carbocycles. The van der Waals surface area contributed by atoms with E-state index < -0.39 is 11.9 Å². The molecule has 1 atom stereocenters. The quantitative estimate of drug-likeness (QED) is 0.714. The standard InChI is InChI=1S/C21H21N3O2S/c1-14-23-18(19(27-14)16-11-7-4-8-12-16)21(26)24(2)17(20(22)25)13-15-9-5-3-6-10-15/h3-12,17H,13H2,1-2H3,(H2,22,25). The highest BCUT2D eigenvalue weighted by atomic mass is 32.1. The molecule has 0 saturated carbocycles. The Morgan fingerprint density at radius 1 is 1.07 bits per heavy atom. The van der Waals surface area contributed by atoms with Crippen LogP contribution in [0.4, 0.5) is 0 Å². The minimum atomic E-state index is -0.745. The van der Waals surface area contributed by atoms with Gasteiger partial charge in [-0.1, -0.05) is 60.7 Å². The van der Waals surface area contributed by atoms with Crippen LogP contribution in [-0.4, -0.2) is 34.8 Å². The average Bonchev–Trinajstić information content (AvgIpc) is 3.08. The first kappa shape index (κ1) is 18.8. The molecule has 27 heavy (non-hydrogen) atoms. The second kappa shape index (κ2) is 8.14. The zero-order valence-corrected chi connectivity index (χ0v) is 16.1. The Bertz CT molecular complexity index is 939. The van der Waals surface area contributed by atoms with Gasteiger partial charge in [-0.3, -0.25) is 9.59 Å². The smallest absolute Gasteiger partial charge is 0.274 e. The van der Waals surface area contributed by atoms with Crippen LogP contribution in [0.15, 0.2) is 60.7 Å². The number of carbonyl (C=O) groups excluding carboxylic acids is 2. The van der Waals surface area contributed by atoms with Crippen molar-refractivity contribution in [3.05, 3.63) is 76.9 Å². The summed E-state index contributed by atoms with van der Waals surface area (Å²) in [7, 11) is 1.60. The molecule has 0 bridgehead atoms. The monoisotopic (exact) mass is 379 g/mol. The summed E-state index contributed by atoms with van der Waals surface area (Å²) >= 11 is 1.46. The molecule has 1 unspecified atom stereocenters. The van der Waals surface area contributed by atoms with Crippen molar-refractivity contribution in [1.82, 2.24) is 9.88 Å². The van der Waals surface area contributed by atoms with Gasteiger partial charge in [-0.2, -0.15) is 0 Å². The van der Waals surface area contributed by atoms with Gasteiger partial charge in [-0.25, -0.2) is 4.98 Å². The lowest BCUT2D eigenvalue weighted by Gasteiger charge is -2.25. The van der Waals surface area contributed by atoms with E-state index in [2.05, 4.69) is 4.98 Å². The van der Waals surface area contributed by atoms with Crippen LogP contribution in [0.2, 0.25) is 0 Å². The number of carbonyl (C=O) groups is 2. The fraction of sp³-hybridized carbons (Fsp3) is 0.190. The summed E-state index contributed by atoms with van der Waals surface area (Å²) in [5.74, 6) is -0.846. The van der Waals surface area contributed by atoms with Gasteiger partial charge in [0.1, 0.15) is 11.7 Å². The van der Waals surface area contributed by atoms with E-state index in [0.717, 1.165) is 21.0 Å². The molecule has 0 fully saturated rings. The van der Waals surface area contributed by atoms with Gasteiger partial charge in [0.25, 0.3) is 5.91 Å². The molecule has 6 heteroatoms. The summed E-state index contributed by atoms with van der Waals surface area (Å²) in [6.45, 7) is 1.86. The second-order valence-corrected chi connectivity index (χ2v) is 7.50. The normalized spacial score (nSPS) is 11.8. The van der Waals surface area contributed by atoms with Gasteiger partial charge >= 0.3 is 0 Å². The first-order valence-electron chi connectivity index (χ1n) is 8.60. The predicted molar refractivity (Wildman–Crippen MR) is 108 cm³/mol. The number of nitrogens with zero attached hydrogens (tertiary/aromatic N) is 2. The Balaban J connectivity index is 1.91.